The largest absolute Gasteiger partial charge is 0.458 e. The van der Waals surface area contributed by atoms with Crippen molar-refractivity contribution in [3.8, 4) is 0 Å². The Labute approximate surface area is 370 Å². The van der Waals surface area contributed by atoms with Gasteiger partial charge in [-0.25, -0.2) is 0 Å². The Kier molecular flexibility index (Phi) is 44.8. The molecule has 0 radical (unpaired) electrons. The molecular formula is C54H93NO5. The third kappa shape index (κ3) is 41.8. The van der Waals surface area contributed by atoms with Crippen molar-refractivity contribution in [2.75, 3.05) is 6.61 Å². The average Bonchev–Trinajstić information content (AvgIpc) is 3.24. The third-order valence-electron chi connectivity index (χ3n) is 10.7. The maximum atomic E-state index is 13.1. The molecule has 0 heterocycles. The van der Waals surface area contributed by atoms with E-state index in [4.69, 9.17) is 4.74 Å². The second kappa shape index (κ2) is 47.1. The number of amides is 1. The van der Waals surface area contributed by atoms with Gasteiger partial charge in [0.15, 0.2) is 0 Å². The van der Waals surface area contributed by atoms with E-state index in [2.05, 4.69) is 99.0 Å². The second-order valence-corrected chi connectivity index (χ2v) is 16.5. The van der Waals surface area contributed by atoms with Gasteiger partial charge < -0.3 is 20.3 Å². The molecule has 0 aromatic heterocycles. The maximum absolute atomic E-state index is 13.1. The minimum Gasteiger partial charge on any atom is -0.458 e. The summed E-state index contributed by atoms with van der Waals surface area (Å²) < 4.78 is 5.80. The zero-order chi connectivity index (χ0) is 43.8. The number of aliphatic hydroxyl groups is 2. The van der Waals surface area contributed by atoms with Crippen molar-refractivity contribution in [1.29, 1.82) is 0 Å². The standard InChI is InChI=1S/C54H93NO5/c1-4-7-10-13-16-19-22-25-26-27-28-29-30-33-36-39-42-45-50(60-54(59)47-44-41-38-35-32-24-21-18-15-12-9-6-3)48-53(58)55-51(49-56)52(57)46-43-40-37-34-31-23-20-17-14-11-8-5-2/h7,10,16,18-19,21,25-26,28-29,33,36,42,45,50-52,56-57H,4-6,8-9,11-15,17,20,22-24,27,30-32,34-35,37-41,43-44,46-49H2,1-3H3,(H,55,58)/b10-7-,19-16-,21-18-,26-25-,29-28-,36-33-,45-42-. The molecule has 0 bridgehead atoms. The van der Waals surface area contributed by atoms with Crippen LogP contribution in [0.2, 0.25) is 0 Å². The Bertz CT molecular complexity index is 1160. The van der Waals surface area contributed by atoms with Crippen molar-refractivity contribution in [3.05, 3.63) is 85.1 Å². The first-order valence-corrected chi connectivity index (χ1v) is 24.8. The Balaban J connectivity index is 4.81. The van der Waals surface area contributed by atoms with Crippen molar-refractivity contribution in [1.82, 2.24) is 5.32 Å². The lowest BCUT2D eigenvalue weighted by Gasteiger charge is -2.23. The minimum absolute atomic E-state index is 0.0539. The molecule has 0 aliphatic carbocycles. The molecule has 0 spiro atoms. The van der Waals surface area contributed by atoms with E-state index >= 15 is 0 Å². The van der Waals surface area contributed by atoms with Crippen LogP contribution in [0.15, 0.2) is 85.1 Å². The molecule has 0 aliphatic heterocycles. The van der Waals surface area contributed by atoms with Crippen molar-refractivity contribution >= 4 is 11.9 Å². The first-order valence-electron chi connectivity index (χ1n) is 24.8. The lowest BCUT2D eigenvalue weighted by atomic mass is 10.0. The van der Waals surface area contributed by atoms with Gasteiger partial charge in [0.05, 0.1) is 25.2 Å². The second-order valence-electron chi connectivity index (χ2n) is 16.5. The van der Waals surface area contributed by atoms with Crippen molar-refractivity contribution in [3.63, 3.8) is 0 Å². The summed E-state index contributed by atoms with van der Waals surface area (Å²) in [5, 5.41) is 23.6. The molecule has 0 saturated heterocycles. The predicted octanol–water partition coefficient (Wildman–Crippen LogP) is 14.8. The van der Waals surface area contributed by atoms with Crippen LogP contribution in [0.1, 0.15) is 220 Å². The first-order chi connectivity index (χ1) is 29.5. The SMILES string of the molecule is CC/C=C\C/C=C\C/C=C\C/C=C\C/C=C\C/C=C\C(CC(=O)NC(CO)C(O)CCCCCCCCCCCCCC)OC(=O)CCCCCCC/C=C\CCCCC. The maximum Gasteiger partial charge on any atom is 0.306 e. The van der Waals surface area contributed by atoms with E-state index in [-0.39, 0.29) is 24.9 Å². The number of rotatable bonds is 43. The number of esters is 1. The zero-order valence-electron chi connectivity index (χ0n) is 39.1. The molecule has 3 unspecified atom stereocenters. The van der Waals surface area contributed by atoms with Gasteiger partial charge in [-0.15, -0.1) is 0 Å². The zero-order valence-corrected chi connectivity index (χ0v) is 39.1. The molecule has 3 N–H and O–H groups in total. The van der Waals surface area contributed by atoms with Crippen molar-refractivity contribution in [2.45, 2.75) is 238 Å². The molecule has 0 fully saturated rings. The molecule has 0 aromatic rings. The number of carbonyl (C=O) groups is 2. The van der Waals surface area contributed by atoms with E-state index in [0.717, 1.165) is 83.5 Å². The van der Waals surface area contributed by atoms with Gasteiger partial charge in [0.1, 0.15) is 6.10 Å². The monoisotopic (exact) mass is 836 g/mol. The summed E-state index contributed by atoms with van der Waals surface area (Å²) in [7, 11) is 0. The highest BCUT2D eigenvalue weighted by molar-refractivity contribution is 5.78. The summed E-state index contributed by atoms with van der Waals surface area (Å²) in [6, 6.07) is -0.747. The lowest BCUT2D eigenvalue weighted by molar-refractivity contribution is -0.148. The van der Waals surface area contributed by atoms with Crippen molar-refractivity contribution < 1.29 is 24.5 Å². The molecule has 6 heteroatoms. The van der Waals surface area contributed by atoms with Gasteiger partial charge >= 0.3 is 5.97 Å². The van der Waals surface area contributed by atoms with Crippen LogP contribution in [0.4, 0.5) is 0 Å². The number of ether oxygens (including phenoxy) is 1. The molecular weight excluding hydrogens is 743 g/mol. The molecule has 0 saturated carbocycles. The highest BCUT2D eigenvalue weighted by atomic mass is 16.5. The van der Waals surface area contributed by atoms with Crippen LogP contribution >= 0.6 is 0 Å². The van der Waals surface area contributed by atoms with E-state index in [9.17, 15) is 19.8 Å². The van der Waals surface area contributed by atoms with Crippen LogP contribution in [0.3, 0.4) is 0 Å². The summed E-state index contributed by atoms with van der Waals surface area (Å²) in [6.07, 6.45) is 61.0. The number of unbranched alkanes of at least 4 members (excludes halogenated alkanes) is 19. The van der Waals surface area contributed by atoms with Crippen LogP contribution < -0.4 is 5.32 Å². The van der Waals surface area contributed by atoms with E-state index in [1.807, 2.05) is 6.08 Å². The van der Waals surface area contributed by atoms with E-state index in [1.165, 1.54) is 89.9 Å². The summed E-state index contributed by atoms with van der Waals surface area (Å²) in [6.45, 7) is 6.29. The van der Waals surface area contributed by atoms with Crippen LogP contribution in [-0.4, -0.2) is 46.9 Å². The number of hydrogen-bond acceptors (Lipinski definition) is 5. The molecule has 6 nitrogen and oxygen atoms in total. The molecule has 3 atom stereocenters. The molecule has 60 heavy (non-hydrogen) atoms. The fourth-order valence-electron chi connectivity index (χ4n) is 6.95. The molecule has 0 aliphatic rings. The Morgan fingerprint density at radius 2 is 0.933 bits per heavy atom. The van der Waals surface area contributed by atoms with Gasteiger partial charge in [0.2, 0.25) is 5.91 Å². The number of nitrogens with one attached hydrogen (secondary N) is 1. The van der Waals surface area contributed by atoms with Gasteiger partial charge in [0, 0.05) is 6.42 Å². The topological polar surface area (TPSA) is 95.9 Å². The number of hydrogen-bond donors (Lipinski definition) is 3. The van der Waals surface area contributed by atoms with Crippen LogP contribution in [0.5, 0.6) is 0 Å². The van der Waals surface area contributed by atoms with Crippen LogP contribution in [0.25, 0.3) is 0 Å². The van der Waals surface area contributed by atoms with E-state index in [0.29, 0.717) is 19.3 Å². The fraction of sp³-hybridized carbons (Fsp3) is 0.704. The van der Waals surface area contributed by atoms with Gasteiger partial charge in [-0.1, -0.05) is 209 Å². The van der Waals surface area contributed by atoms with Gasteiger partial charge in [-0.3, -0.25) is 9.59 Å². The lowest BCUT2D eigenvalue weighted by Crippen LogP contribution is -2.46. The van der Waals surface area contributed by atoms with E-state index in [1.54, 1.807) is 6.08 Å². The van der Waals surface area contributed by atoms with Gasteiger partial charge in [-0.2, -0.15) is 0 Å². The molecule has 344 valence electrons. The molecule has 1 amide bonds. The number of carbonyl (C=O) groups excluding carboxylic acids is 2. The summed E-state index contributed by atoms with van der Waals surface area (Å²) in [5.74, 6) is -0.646. The average molecular weight is 836 g/mol. The van der Waals surface area contributed by atoms with Crippen LogP contribution in [-0.2, 0) is 14.3 Å². The van der Waals surface area contributed by atoms with E-state index < -0.39 is 18.2 Å². The third-order valence-corrected chi connectivity index (χ3v) is 10.7. The van der Waals surface area contributed by atoms with Gasteiger partial charge in [0.25, 0.3) is 0 Å². The fourth-order valence-corrected chi connectivity index (χ4v) is 6.95. The predicted molar refractivity (Wildman–Crippen MR) is 259 cm³/mol. The van der Waals surface area contributed by atoms with Crippen molar-refractivity contribution in [2.24, 2.45) is 0 Å². The molecule has 0 aromatic carbocycles. The Morgan fingerprint density at radius 3 is 1.43 bits per heavy atom. The number of aliphatic hydroxyl groups excluding tert-OH is 2. The van der Waals surface area contributed by atoms with Crippen LogP contribution in [0, 0.1) is 0 Å². The minimum atomic E-state index is -0.823. The highest BCUT2D eigenvalue weighted by Crippen LogP contribution is 2.15. The Hall–Kier alpha value is -2.96. The normalized spacial score (nSPS) is 14.0. The Morgan fingerprint density at radius 1 is 0.517 bits per heavy atom. The smallest absolute Gasteiger partial charge is 0.306 e. The summed E-state index contributed by atoms with van der Waals surface area (Å²) in [5.41, 5.74) is 0. The molecule has 0 rings (SSSR count). The quantitative estimate of drug-likeness (QED) is 0.0323. The first kappa shape index (κ1) is 57.0. The number of allylic oxidation sites excluding steroid dienone is 13. The summed E-state index contributed by atoms with van der Waals surface area (Å²) >= 11 is 0. The van der Waals surface area contributed by atoms with Gasteiger partial charge in [-0.05, 0) is 83.1 Å². The summed E-state index contributed by atoms with van der Waals surface area (Å²) in [4.78, 5) is 26.0. The highest BCUT2D eigenvalue weighted by Gasteiger charge is 2.23.